The number of methoxy groups -OCH3 is 1. The average Bonchev–Trinajstić information content (AvgIpc) is 3.25. The van der Waals surface area contributed by atoms with Crippen molar-refractivity contribution in [3.8, 4) is 5.75 Å². The van der Waals surface area contributed by atoms with E-state index in [2.05, 4.69) is 10.0 Å². The van der Waals surface area contributed by atoms with E-state index < -0.39 is 26.5 Å². The van der Waals surface area contributed by atoms with E-state index in [9.17, 15) is 23.3 Å². The third-order valence-corrected chi connectivity index (χ3v) is 5.44. The zero-order valence-electron chi connectivity index (χ0n) is 15.7. The Labute approximate surface area is 171 Å². The van der Waals surface area contributed by atoms with Crippen molar-refractivity contribution >= 4 is 27.3 Å². The predicted molar refractivity (Wildman–Crippen MR) is 107 cm³/mol. The normalized spacial score (nSPS) is 11.0. The molecule has 2 aromatic carbocycles. The second-order valence-corrected chi connectivity index (χ2v) is 7.69. The number of anilines is 1. The molecule has 0 radical (unpaired) electrons. The molecule has 3 rings (SSSR count). The molecule has 0 atom stereocenters. The van der Waals surface area contributed by atoms with Gasteiger partial charge < -0.3 is 14.5 Å². The minimum Gasteiger partial charge on any atom is -0.490 e. The molecule has 0 bridgehead atoms. The molecule has 11 heteroatoms. The van der Waals surface area contributed by atoms with Crippen LogP contribution in [0.5, 0.6) is 5.75 Å². The molecule has 0 unspecified atom stereocenters. The number of sulfonamides is 1. The topological polar surface area (TPSA) is 141 Å². The number of nitro groups is 1. The second kappa shape index (κ2) is 8.66. The van der Waals surface area contributed by atoms with Crippen LogP contribution >= 0.6 is 0 Å². The molecule has 30 heavy (non-hydrogen) atoms. The van der Waals surface area contributed by atoms with E-state index in [1.54, 1.807) is 24.3 Å². The van der Waals surface area contributed by atoms with E-state index in [0.717, 1.165) is 6.07 Å². The number of para-hydroxylation sites is 1. The minimum atomic E-state index is -4.22. The van der Waals surface area contributed by atoms with Crippen LogP contribution in [0.4, 0.5) is 11.4 Å². The fourth-order valence-electron chi connectivity index (χ4n) is 2.63. The summed E-state index contributed by atoms with van der Waals surface area (Å²) >= 11 is 0. The lowest BCUT2D eigenvalue weighted by Crippen LogP contribution is -2.24. The van der Waals surface area contributed by atoms with Gasteiger partial charge >= 0.3 is 5.69 Å². The maximum atomic E-state index is 12.8. The number of benzene rings is 2. The number of carbonyl (C=O) groups is 1. The number of rotatable bonds is 8. The lowest BCUT2D eigenvalue weighted by molar-refractivity contribution is -0.386. The summed E-state index contributed by atoms with van der Waals surface area (Å²) in [6, 6.07) is 12.6. The number of furan rings is 1. The molecule has 1 aromatic heterocycles. The Bertz CT molecular complexity index is 1170. The average molecular weight is 431 g/mol. The number of nitrogens with one attached hydrogen (secondary N) is 2. The molecule has 0 aliphatic carbocycles. The largest absolute Gasteiger partial charge is 0.490 e. The Balaban J connectivity index is 1.86. The van der Waals surface area contributed by atoms with Crippen molar-refractivity contribution in [2.45, 2.75) is 11.4 Å². The lowest BCUT2D eigenvalue weighted by Gasteiger charge is -2.13. The predicted octanol–water partition coefficient (Wildman–Crippen LogP) is 2.93. The molecule has 156 valence electrons. The van der Waals surface area contributed by atoms with Gasteiger partial charge in [-0.2, -0.15) is 0 Å². The van der Waals surface area contributed by atoms with Gasteiger partial charge in [0.1, 0.15) is 5.76 Å². The van der Waals surface area contributed by atoms with Crippen LogP contribution in [0.1, 0.15) is 16.1 Å². The number of carbonyl (C=O) groups excluding carboxylic acids is 1. The van der Waals surface area contributed by atoms with Crippen LogP contribution in [0.15, 0.2) is 70.2 Å². The van der Waals surface area contributed by atoms with Gasteiger partial charge in [-0.3, -0.25) is 19.6 Å². The maximum Gasteiger partial charge on any atom is 0.312 e. The Morgan fingerprint density at radius 1 is 1.17 bits per heavy atom. The SMILES string of the molecule is COc1ccc(S(=O)(=O)Nc2ccccc2C(=O)NCc2ccco2)cc1[N+](=O)[O-]. The molecular formula is C19H17N3O7S. The number of amides is 1. The summed E-state index contributed by atoms with van der Waals surface area (Å²) < 4.78 is 37.9. The number of ether oxygens (including phenoxy) is 1. The molecule has 10 nitrogen and oxygen atoms in total. The molecule has 0 aliphatic rings. The third kappa shape index (κ3) is 4.58. The summed E-state index contributed by atoms with van der Waals surface area (Å²) in [6.45, 7) is 0.123. The first-order valence-electron chi connectivity index (χ1n) is 8.56. The summed E-state index contributed by atoms with van der Waals surface area (Å²) in [6.07, 6.45) is 1.47. The summed E-state index contributed by atoms with van der Waals surface area (Å²) in [5, 5.41) is 13.8. The highest BCUT2D eigenvalue weighted by Crippen LogP contribution is 2.30. The fraction of sp³-hybridized carbons (Fsp3) is 0.105. The van der Waals surface area contributed by atoms with Gasteiger partial charge in [-0.05, 0) is 36.4 Å². The fourth-order valence-corrected chi connectivity index (χ4v) is 3.73. The zero-order chi connectivity index (χ0) is 21.7. The van der Waals surface area contributed by atoms with Crippen LogP contribution in [-0.2, 0) is 16.6 Å². The summed E-state index contributed by atoms with van der Waals surface area (Å²) in [5.74, 6) is -0.0611. The Morgan fingerprint density at radius 2 is 1.93 bits per heavy atom. The highest BCUT2D eigenvalue weighted by molar-refractivity contribution is 7.92. The van der Waals surface area contributed by atoms with Crippen LogP contribution in [0.25, 0.3) is 0 Å². The van der Waals surface area contributed by atoms with E-state index in [0.29, 0.717) is 5.76 Å². The number of hydrogen-bond acceptors (Lipinski definition) is 7. The van der Waals surface area contributed by atoms with E-state index >= 15 is 0 Å². The maximum absolute atomic E-state index is 12.8. The monoisotopic (exact) mass is 431 g/mol. The van der Waals surface area contributed by atoms with Gasteiger partial charge in [0.25, 0.3) is 15.9 Å². The molecule has 0 saturated heterocycles. The Morgan fingerprint density at radius 3 is 2.60 bits per heavy atom. The molecule has 0 aliphatic heterocycles. The highest BCUT2D eigenvalue weighted by Gasteiger charge is 2.23. The quantitative estimate of drug-likeness (QED) is 0.413. The van der Waals surface area contributed by atoms with Gasteiger partial charge in [0.2, 0.25) is 0 Å². The minimum absolute atomic E-state index is 0.0212. The van der Waals surface area contributed by atoms with Gasteiger partial charge in [0.05, 0.1) is 41.0 Å². The van der Waals surface area contributed by atoms with Crippen molar-refractivity contribution in [3.63, 3.8) is 0 Å². The van der Waals surface area contributed by atoms with Crippen molar-refractivity contribution in [2.75, 3.05) is 11.8 Å². The smallest absolute Gasteiger partial charge is 0.312 e. The summed E-state index contributed by atoms with van der Waals surface area (Å²) in [7, 11) is -2.97. The van der Waals surface area contributed by atoms with Crippen molar-refractivity contribution in [1.82, 2.24) is 5.32 Å². The van der Waals surface area contributed by atoms with Crippen LogP contribution in [0, 0.1) is 10.1 Å². The first-order valence-corrected chi connectivity index (χ1v) is 10.0. The van der Waals surface area contributed by atoms with Gasteiger partial charge in [-0.25, -0.2) is 8.42 Å². The molecule has 0 saturated carbocycles. The third-order valence-electron chi connectivity index (χ3n) is 4.08. The first-order chi connectivity index (χ1) is 14.3. The Hall–Kier alpha value is -3.86. The molecule has 0 fully saturated rings. The van der Waals surface area contributed by atoms with Crippen molar-refractivity contribution in [1.29, 1.82) is 0 Å². The molecular weight excluding hydrogens is 414 g/mol. The molecule has 1 amide bonds. The van der Waals surface area contributed by atoms with Crippen molar-refractivity contribution in [3.05, 3.63) is 82.3 Å². The number of nitro benzene ring substituents is 1. The zero-order valence-corrected chi connectivity index (χ0v) is 16.5. The molecule has 2 N–H and O–H groups in total. The van der Waals surface area contributed by atoms with Crippen LogP contribution < -0.4 is 14.8 Å². The second-order valence-electron chi connectivity index (χ2n) is 6.00. The van der Waals surface area contributed by atoms with E-state index in [1.165, 1.54) is 37.6 Å². The van der Waals surface area contributed by atoms with E-state index in [-0.39, 0.29) is 28.4 Å². The Kier molecular flexibility index (Phi) is 6.02. The van der Waals surface area contributed by atoms with E-state index in [1.807, 2.05) is 0 Å². The van der Waals surface area contributed by atoms with Crippen molar-refractivity contribution < 1.29 is 27.3 Å². The molecule has 1 heterocycles. The van der Waals surface area contributed by atoms with Gasteiger partial charge in [-0.1, -0.05) is 12.1 Å². The van der Waals surface area contributed by atoms with Crippen LogP contribution in [-0.4, -0.2) is 26.4 Å². The standard InChI is InChI=1S/C19H17N3O7S/c1-28-18-9-8-14(11-17(18)22(24)25)30(26,27)21-16-7-3-2-6-15(16)19(23)20-12-13-5-4-10-29-13/h2-11,21H,12H2,1H3,(H,20,23). The lowest BCUT2D eigenvalue weighted by atomic mass is 10.1. The number of nitrogens with zero attached hydrogens (tertiary/aromatic N) is 1. The summed E-state index contributed by atoms with van der Waals surface area (Å²) in [4.78, 5) is 22.6. The molecule has 3 aromatic rings. The summed E-state index contributed by atoms with van der Waals surface area (Å²) in [5.41, 5.74) is -0.395. The molecule has 0 spiro atoms. The van der Waals surface area contributed by atoms with Crippen LogP contribution in [0.2, 0.25) is 0 Å². The van der Waals surface area contributed by atoms with Gasteiger partial charge in [-0.15, -0.1) is 0 Å². The van der Waals surface area contributed by atoms with Gasteiger partial charge in [0.15, 0.2) is 5.75 Å². The van der Waals surface area contributed by atoms with Crippen molar-refractivity contribution in [2.24, 2.45) is 0 Å². The first kappa shape index (κ1) is 20.9. The van der Waals surface area contributed by atoms with Gasteiger partial charge in [0, 0.05) is 6.07 Å². The van der Waals surface area contributed by atoms with Crippen LogP contribution in [0.3, 0.4) is 0 Å². The number of hydrogen-bond donors (Lipinski definition) is 2. The van der Waals surface area contributed by atoms with E-state index in [4.69, 9.17) is 9.15 Å². The highest BCUT2D eigenvalue weighted by atomic mass is 32.2.